The van der Waals surface area contributed by atoms with E-state index in [1.54, 1.807) is 0 Å². The molecule has 0 radical (unpaired) electrons. The average Bonchev–Trinajstić information content (AvgIpc) is 3.19. The van der Waals surface area contributed by atoms with E-state index in [4.69, 9.17) is 10.3 Å². The lowest BCUT2D eigenvalue weighted by atomic mass is 9.92. The zero-order valence-corrected chi connectivity index (χ0v) is 16.0. The summed E-state index contributed by atoms with van der Waals surface area (Å²) < 4.78 is 5.34. The van der Waals surface area contributed by atoms with Crippen LogP contribution in [0.2, 0.25) is 0 Å². The van der Waals surface area contributed by atoms with Gasteiger partial charge in [0.15, 0.2) is 0 Å². The summed E-state index contributed by atoms with van der Waals surface area (Å²) in [5, 5.41) is 4.06. The fraction of sp³-hybridized carbons (Fsp3) is 0.550. The van der Waals surface area contributed by atoms with Crippen LogP contribution >= 0.6 is 0 Å². The molecule has 1 fully saturated rings. The first-order valence-electron chi connectivity index (χ1n) is 9.21. The van der Waals surface area contributed by atoms with Gasteiger partial charge in [-0.15, -0.1) is 0 Å². The molecule has 1 saturated heterocycles. The molecule has 1 amide bonds. The Bertz CT molecular complexity index is 761. The van der Waals surface area contributed by atoms with E-state index < -0.39 is 0 Å². The highest BCUT2D eigenvalue weighted by atomic mass is 16.5. The first-order chi connectivity index (χ1) is 12.3. The number of carbonyl (C=O) groups excluding carboxylic acids is 1. The fourth-order valence-electron chi connectivity index (χ4n) is 3.42. The summed E-state index contributed by atoms with van der Waals surface area (Å²) in [5.41, 5.74) is 7.38. The minimum atomic E-state index is 0.0570. The Morgan fingerprint density at radius 2 is 2.00 bits per heavy atom. The molecule has 0 aliphatic carbocycles. The van der Waals surface area contributed by atoms with Crippen LogP contribution in [0, 0.1) is 11.3 Å². The second kappa shape index (κ2) is 7.19. The topological polar surface area (TPSA) is 85.2 Å². The van der Waals surface area contributed by atoms with Crippen LogP contribution in [0.1, 0.15) is 50.4 Å². The number of amides is 1. The number of rotatable bonds is 4. The summed E-state index contributed by atoms with van der Waals surface area (Å²) in [6, 6.07) is 7.65. The van der Waals surface area contributed by atoms with Crippen molar-refractivity contribution in [3.05, 3.63) is 35.7 Å². The first-order valence-corrected chi connectivity index (χ1v) is 9.21. The summed E-state index contributed by atoms with van der Waals surface area (Å²) >= 11 is 0. The first kappa shape index (κ1) is 18.6. The minimum Gasteiger partial charge on any atom is -0.339 e. The third-order valence-corrected chi connectivity index (χ3v) is 4.80. The summed E-state index contributed by atoms with van der Waals surface area (Å²) in [4.78, 5) is 19.1. The van der Waals surface area contributed by atoms with Gasteiger partial charge in [-0.25, -0.2) is 0 Å². The molecule has 2 aromatic rings. The molecule has 2 atom stereocenters. The number of hydrogen-bond acceptors (Lipinski definition) is 5. The largest absolute Gasteiger partial charge is 0.339 e. The Labute approximate surface area is 154 Å². The molecular weight excluding hydrogens is 328 g/mol. The van der Waals surface area contributed by atoms with Gasteiger partial charge in [0.05, 0.1) is 0 Å². The van der Waals surface area contributed by atoms with Crippen molar-refractivity contribution >= 4 is 5.91 Å². The Kier molecular flexibility index (Phi) is 5.14. The standard InChI is InChI=1S/C20H28N4O2/c1-13-9-14(11-21)12-24(13)19(25)16-7-5-15(6-8-16)18-22-17(26-23-18)10-20(2,3)4/h5-8,13-14H,9-12,21H2,1-4H3. The number of nitrogens with zero attached hydrogens (tertiary/aromatic N) is 3. The second-order valence-corrected chi connectivity index (χ2v) is 8.47. The van der Waals surface area contributed by atoms with Crippen LogP contribution in [0.15, 0.2) is 28.8 Å². The van der Waals surface area contributed by atoms with E-state index in [2.05, 4.69) is 37.8 Å². The van der Waals surface area contributed by atoms with Gasteiger partial charge >= 0.3 is 0 Å². The zero-order chi connectivity index (χ0) is 18.9. The van der Waals surface area contributed by atoms with E-state index in [9.17, 15) is 4.79 Å². The molecule has 6 heteroatoms. The normalized spacial score (nSPS) is 20.6. The van der Waals surface area contributed by atoms with Crippen molar-refractivity contribution in [3.8, 4) is 11.4 Å². The van der Waals surface area contributed by atoms with E-state index in [0.29, 0.717) is 29.7 Å². The van der Waals surface area contributed by atoms with Gasteiger partial charge in [-0.3, -0.25) is 4.79 Å². The van der Waals surface area contributed by atoms with E-state index in [1.165, 1.54) is 0 Å². The van der Waals surface area contributed by atoms with Crippen molar-refractivity contribution in [1.29, 1.82) is 0 Å². The van der Waals surface area contributed by atoms with Crippen LogP contribution < -0.4 is 5.73 Å². The SMILES string of the molecule is CC1CC(CN)CN1C(=O)c1ccc(-c2noc(CC(C)(C)C)n2)cc1. The van der Waals surface area contributed by atoms with Gasteiger partial charge < -0.3 is 15.2 Å². The Balaban J connectivity index is 1.72. The number of carbonyl (C=O) groups is 1. The Morgan fingerprint density at radius 1 is 1.31 bits per heavy atom. The monoisotopic (exact) mass is 356 g/mol. The maximum Gasteiger partial charge on any atom is 0.254 e. The van der Waals surface area contributed by atoms with Crippen LogP contribution in [-0.4, -0.2) is 40.1 Å². The lowest BCUT2D eigenvalue weighted by Crippen LogP contribution is -2.34. The predicted molar refractivity (Wildman–Crippen MR) is 101 cm³/mol. The van der Waals surface area contributed by atoms with E-state index in [0.717, 1.165) is 24.9 Å². The van der Waals surface area contributed by atoms with Crippen molar-refractivity contribution in [2.45, 2.75) is 46.6 Å². The van der Waals surface area contributed by atoms with Crippen LogP contribution in [0.25, 0.3) is 11.4 Å². The highest BCUT2D eigenvalue weighted by Crippen LogP contribution is 2.26. The van der Waals surface area contributed by atoms with Gasteiger partial charge in [-0.2, -0.15) is 4.98 Å². The third kappa shape index (κ3) is 4.12. The molecular formula is C20H28N4O2. The molecule has 1 aliphatic rings. The number of benzene rings is 1. The molecule has 3 rings (SSSR count). The van der Waals surface area contributed by atoms with Gasteiger partial charge in [0.25, 0.3) is 5.91 Å². The molecule has 2 heterocycles. The van der Waals surface area contributed by atoms with Gasteiger partial charge in [0, 0.05) is 30.1 Å². The molecule has 1 aromatic carbocycles. The van der Waals surface area contributed by atoms with Gasteiger partial charge in [-0.1, -0.05) is 38.1 Å². The molecule has 1 aromatic heterocycles. The van der Waals surface area contributed by atoms with Crippen molar-refractivity contribution in [2.24, 2.45) is 17.1 Å². The van der Waals surface area contributed by atoms with Crippen molar-refractivity contribution in [3.63, 3.8) is 0 Å². The number of aromatic nitrogens is 2. The number of hydrogen-bond donors (Lipinski definition) is 1. The summed E-state index contributed by atoms with van der Waals surface area (Å²) in [6.45, 7) is 9.84. The van der Waals surface area contributed by atoms with Crippen LogP contribution in [0.4, 0.5) is 0 Å². The molecule has 26 heavy (non-hydrogen) atoms. The molecule has 0 saturated carbocycles. The Hall–Kier alpha value is -2.21. The number of likely N-dealkylation sites (tertiary alicyclic amines) is 1. The lowest BCUT2D eigenvalue weighted by molar-refractivity contribution is 0.0743. The van der Waals surface area contributed by atoms with Crippen molar-refractivity contribution in [1.82, 2.24) is 15.0 Å². The van der Waals surface area contributed by atoms with Gasteiger partial charge in [0.2, 0.25) is 11.7 Å². The molecule has 140 valence electrons. The molecule has 6 nitrogen and oxygen atoms in total. The van der Waals surface area contributed by atoms with E-state index in [1.807, 2.05) is 29.2 Å². The minimum absolute atomic E-state index is 0.0570. The van der Waals surface area contributed by atoms with Crippen LogP contribution in [0.5, 0.6) is 0 Å². The molecule has 2 N–H and O–H groups in total. The maximum atomic E-state index is 12.8. The predicted octanol–water partition coefficient (Wildman–Crippen LogP) is 3.13. The smallest absolute Gasteiger partial charge is 0.254 e. The third-order valence-electron chi connectivity index (χ3n) is 4.80. The summed E-state index contributed by atoms with van der Waals surface area (Å²) in [7, 11) is 0. The molecule has 2 unspecified atom stereocenters. The lowest BCUT2D eigenvalue weighted by Gasteiger charge is -2.21. The van der Waals surface area contributed by atoms with Gasteiger partial charge in [0.1, 0.15) is 0 Å². The quantitative estimate of drug-likeness (QED) is 0.909. The Morgan fingerprint density at radius 3 is 2.58 bits per heavy atom. The molecule has 0 spiro atoms. The maximum absolute atomic E-state index is 12.8. The summed E-state index contributed by atoms with van der Waals surface area (Å²) in [5.74, 6) is 1.64. The average molecular weight is 356 g/mol. The van der Waals surface area contributed by atoms with Crippen molar-refractivity contribution < 1.29 is 9.32 Å². The molecule has 0 bridgehead atoms. The van der Waals surface area contributed by atoms with Crippen LogP contribution in [-0.2, 0) is 6.42 Å². The zero-order valence-electron chi connectivity index (χ0n) is 16.0. The second-order valence-electron chi connectivity index (χ2n) is 8.47. The van der Waals surface area contributed by atoms with E-state index >= 15 is 0 Å². The van der Waals surface area contributed by atoms with E-state index in [-0.39, 0.29) is 17.4 Å². The van der Waals surface area contributed by atoms with Gasteiger partial charge in [-0.05, 0) is 43.4 Å². The highest BCUT2D eigenvalue weighted by Gasteiger charge is 2.32. The van der Waals surface area contributed by atoms with Crippen LogP contribution in [0.3, 0.4) is 0 Å². The molecule has 1 aliphatic heterocycles. The highest BCUT2D eigenvalue weighted by molar-refractivity contribution is 5.95. The fourth-order valence-corrected chi connectivity index (χ4v) is 3.42. The summed E-state index contributed by atoms with van der Waals surface area (Å²) in [6.07, 6.45) is 1.70. The number of nitrogens with two attached hydrogens (primary N) is 1. The van der Waals surface area contributed by atoms with Crippen molar-refractivity contribution in [2.75, 3.05) is 13.1 Å².